The third-order valence-electron chi connectivity index (χ3n) is 0. The number of carboxylic acids is 2. The van der Waals surface area contributed by atoms with Gasteiger partial charge in [-0.25, -0.2) is 0 Å². The van der Waals surface area contributed by atoms with Crippen molar-refractivity contribution < 1.29 is 30.1 Å². The molecule has 0 aliphatic rings. The van der Waals surface area contributed by atoms with Gasteiger partial charge < -0.3 is 25.0 Å². The first-order chi connectivity index (χ1) is 5.20. The van der Waals surface area contributed by atoms with Crippen LogP contribution in [0.1, 0.15) is 13.8 Å². The zero-order valence-corrected chi connectivity index (χ0v) is 10.7. The zero-order chi connectivity index (χ0) is 10.7. The Kier molecular flexibility index (Phi) is 30.1. The SMILES string of the molecule is CC(=O)[O-].CC(=O)[O-].O=[N+]([O-])O.[Pb+2]. The maximum Gasteiger partial charge on any atom is 2.00 e. The van der Waals surface area contributed by atoms with Gasteiger partial charge in [-0.3, -0.25) is 0 Å². The number of carbonyl (C=O) groups excluding carboxylic acids is 2. The Morgan fingerprint density at radius 1 is 1.15 bits per heavy atom. The molecule has 0 saturated heterocycles. The molecule has 9 heteroatoms. The molecule has 0 saturated carbocycles. The summed E-state index contributed by atoms with van der Waals surface area (Å²) in [5, 5.41) is 31.4. The van der Waals surface area contributed by atoms with Gasteiger partial charge in [0.25, 0.3) is 5.09 Å². The van der Waals surface area contributed by atoms with Gasteiger partial charge in [-0.05, 0) is 13.8 Å². The minimum absolute atomic E-state index is 0. The maximum atomic E-state index is 8.89. The van der Waals surface area contributed by atoms with E-state index in [-0.39, 0.29) is 27.3 Å². The van der Waals surface area contributed by atoms with E-state index in [1.54, 1.807) is 0 Å². The van der Waals surface area contributed by atoms with E-state index in [9.17, 15) is 0 Å². The summed E-state index contributed by atoms with van der Waals surface area (Å²) in [4.78, 5) is 26.1. The monoisotopic (exact) mass is 389 g/mol. The molecular weight excluding hydrogens is 381 g/mol. The summed E-state index contributed by atoms with van der Waals surface area (Å²) in [5.41, 5.74) is 0. The number of aliphatic carboxylic acids is 2. The summed E-state index contributed by atoms with van der Waals surface area (Å²) < 4.78 is 0. The van der Waals surface area contributed by atoms with Crippen molar-refractivity contribution in [3.63, 3.8) is 0 Å². The number of carboxylic acid groups (broad SMARTS) is 2. The molecule has 74 valence electrons. The average molecular weight is 388 g/mol. The van der Waals surface area contributed by atoms with Crippen LogP contribution < -0.4 is 10.2 Å². The van der Waals surface area contributed by atoms with Crippen molar-refractivity contribution >= 4 is 39.2 Å². The molecule has 2 radical (unpaired) electrons. The Morgan fingerprint density at radius 3 is 1.15 bits per heavy atom. The molecule has 0 bridgehead atoms. The van der Waals surface area contributed by atoms with Gasteiger partial charge in [0.1, 0.15) is 0 Å². The number of rotatable bonds is 0. The Morgan fingerprint density at radius 2 is 1.15 bits per heavy atom. The number of carbonyl (C=O) groups is 2. The van der Waals surface area contributed by atoms with Crippen LogP contribution in [0, 0.1) is 10.1 Å². The van der Waals surface area contributed by atoms with Crippen molar-refractivity contribution in [1.82, 2.24) is 0 Å². The van der Waals surface area contributed by atoms with Crippen LogP contribution >= 0.6 is 0 Å². The van der Waals surface area contributed by atoms with Crippen LogP contribution in [0.5, 0.6) is 0 Å². The maximum absolute atomic E-state index is 8.89. The smallest absolute Gasteiger partial charge is 0.550 e. The van der Waals surface area contributed by atoms with E-state index in [0.29, 0.717) is 0 Å². The molecule has 13 heavy (non-hydrogen) atoms. The van der Waals surface area contributed by atoms with Crippen molar-refractivity contribution in [3.05, 3.63) is 10.1 Å². The van der Waals surface area contributed by atoms with Crippen molar-refractivity contribution in [3.8, 4) is 0 Å². The normalized spacial score (nSPS) is 5.69. The third kappa shape index (κ3) is 1030. The van der Waals surface area contributed by atoms with E-state index in [0.717, 1.165) is 13.8 Å². The Balaban J connectivity index is -0.0000000450. The van der Waals surface area contributed by atoms with Crippen LogP contribution in [0.2, 0.25) is 0 Å². The summed E-state index contributed by atoms with van der Waals surface area (Å²) in [6, 6.07) is 0. The fourth-order valence-electron chi connectivity index (χ4n) is 0. The number of nitrogens with zero attached hydrogens (tertiary/aromatic N) is 1. The quantitative estimate of drug-likeness (QED) is 0.261. The van der Waals surface area contributed by atoms with Crippen molar-refractivity contribution in [1.29, 1.82) is 0 Å². The predicted octanol–water partition coefficient (Wildman–Crippen LogP) is -3.22. The van der Waals surface area contributed by atoms with E-state index in [4.69, 9.17) is 35.1 Å². The molecule has 0 amide bonds. The van der Waals surface area contributed by atoms with Crippen LogP contribution in [-0.2, 0) is 9.59 Å². The Hall–Kier alpha value is -0.938. The molecule has 0 atom stereocenters. The topological polar surface area (TPSA) is 144 Å². The van der Waals surface area contributed by atoms with Crippen molar-refractivity contribution in [2.75, 3.05) is 0 Å². The van der Waals surface area contributed by atoms with Crippen LogP contribution in [0.15, 0.2) is 0 Å². The van der Waals surface area contributed by atoms with Gasteiger partial charge in [0.2, 0.25) is 0 Å². The summed E-state index contributed by atoms with van der Waals surface area (Å²) in [6.07, 6.45) is 0. The second-order valence-electron chi connectivity index (χ2n) is 1.22. The zero-order valence-electron chi connectivity index (χ0n) is 6.84. The van der Waals surface area contributed by atoms with Crippen LogP contribution in [0.4, 0.5) is 0 Å². The summed E-state index contributed by atoms with van der Waals surface area (Å²) in [6.45, 7) is 1.94. The molecule has 0 aromatic heterocycles. The molecule has 0 fully saturated rings. The first-order valence-corrected chi connectivity index (χ1v) is 2.38. The molecular formula is C4H7NO7Pb. The first kappa shape index (κ1) is 22.7. The summed E-state index contributed by atoms with van der Waals surface area (Å²) >= 11 is 0. The molecule has 0 aliphatic heterocycles. The molecule has 0 aliphatic carbocycles. The van der Waals surface area contributed by atoms with Crippen LogP contribution in [-0.4, -0.2) is 49.5 Å². The second-order valence-corrected chi connectivity index (χ2v) is 1.22. The van der Waals surface area contributed by atoms with Gasteiger partial charge in [0.15, 0.2) is 0 Å². The van der Waals surface area contributed by atoms with Gasteiger partial charge >= 0.3 is 27.3 Å². The van der Waals surface area contributed by atoms with E-state index in [2.05, 4.69) is 0 Å². The number of hydrogen-bond acceptors (Lipinski definition) is 6. The molecule has 0 aromatic carbocycles. The third-order valence-corrected chi connectivity index (χ3v) is 0. The Labute approximate surface area is 93.4 Å². The standard InChI is InChI=1S/2C2H4O2.HNO3.Pb/c2*1-2(3)4;2-1(3)4;/h2*1H3,(H,3,4);(H,2,3,4);/q;;;+2/p-2. The fourth-order valence-corrected chi connectivity index (χ4v) is 0. The van der Waals surface area contributed by atoms with Crippen LogP contribution in [0.3, 0.4) is 0 Å². The fraction of sp³-hybridized carbons (Fsp3) is 0.500. The van der Waals surface area contributed by atoms with E-state index in [1.807, 2.05) is 0 Å². The molecule has 0 unspecified atom stereocenters. The molecule has 1 N–H and O–H groups in total. The molecule has 0 aromatic rings. The molecule has 0 rings (SSSR count). The molecule has 8 nitrogen and oxygen atoms in total. The van der Waals surface area contributed by atoms with Crippen LogP contribution in [0.25, 0.3) is 0 Å². The average Bonchev–Trinajstić information content (AvgIpc) is 1.54. The van der Waals surface area contributed by atoms with E-state index < -0.39 is 17.0 Å². The summed E-state index contributed by atoms with van der Waals surface area (Å²) in [7, 11) is 0. The minimum atomic E-state index is -1.50. The van der Waals surface area contributed by atoms with Gasteiger partial charge in [0.05, 0.1) is 0 Å². The van der Waals surface area contributed by atoms with Gasteiger partial charge in [-0.1, -0.05) is 0 Å². The van der Waals surface area contributed by atoms with Crippen molar-refractivity contribution in [2.45, 2.75) is 13.8 Å². The molecule has 0 spiro atoms. The van der Waals surface area contributed by atoms with Crippen molar-refractivity contribution in [2.24, 2.45) is 0 Å². The molecule has 0 heterocycles. The first-order valence-electron chi connectivity index (χ1n) is 2.38. The van der Waals surface area contributed by atoms with Gasteiger partial charge in [0, 0.05) is 11.9 Å². The van der Waals surface area contributed by atoms with Gasteiger partial charge in [-0.2, -0.15) is 0 Å². The van der Waals surface area contributed by atoms with E-state index >= 15 is 0 Å². The predicted molar refractivity (Wildman–Crippen MR) is 35.9 cm³/mol. The Bertz CT molecular complexity index is 118. The second kappa shape index (κ2) is 17.2. The largest absolute Gasteiger partial charge is 2.00 e. The van der Waals surface area contributed by atoms with Gasteiger partial charge in [-0.15, -0.1) is 10.1 Å². The minimum Gasteiger partial charge on any atom is -0.550 e. The number of hydrogen-bond donors (Lipinski definition) is 1. The van der Waals surface area contributed by atoms with E-state index in [1.165, 1.54) is 0 Å². The summed E-state index contributed by atoms with van der Waals surface area (Å²) in [5.74, 6) is -2.17.